The quantitative estimate of drug-likeness (QED) is 0.802. The van der Waals surface area contributed by atoms with Gasteiger partial charge in [0.25, 0.3) is 0 Å². The highest BCUT2D eigenvalue weighted by molar-refractivity contribution is 5.85. The number of nitrogens with two attached hydrogens (primary N) is 1. The number of rotatable bonds is 1. The highest BCUT2D eigenvalue weighted by atomic mass is 35.5. The zero-order valence-electron chi connectivity index (χ0n) is 8.90. The molecule has 0 amide bonds. The molecule has 2 atom stereocenters. The smallest absolute Gasteiger partial charge is 0.124 e. The molecular formula is C11H16ClNO2. The van der Waals surface area contributed by atoms with Crippen molar-refractivity contribution in [2.75, 3.05) is 7.11 Å². The summed E-state index contributed by atoms with van der Waals surface area (Å²) in [5.74, 6) is 0.866. The molecule has 0 saturated carbocycles. The van der Waals surface area contributed by atoms with Gasteiger partial charge in [-0.2, -0.15) is 0 Å². The molecule has 0 radical (unpaired) electrons. The van der Waals surface area contributed by atoms with Gasteiger partial charge in [-0.3, -0.25) is 0 Å². The largest absolute Gasteiger partial charge is 0.496 e. The van der Waals surface area contributed by atoms with Gasteiger partial charge < -0.3 is 15.2 Å². The van der Waals surface area contributed by atoms with Crippen molar-refractivity contribution in [3.05, 3.63) is 29.3 Å². The standard InChI is InChI=1S/C11H15NO2.ClH/c1-7-11(12)10-8(6-14-7)4-3-5-9(10)13-2;/h3-5,7,11H,6,12H2,1-2H3;1H/t7-,11-;/m1./s1. The fourth-order valence-corrected chi connectivity index (χ4v) is 1.83. The van der Waals surface area contributed by atoms with Gasteiger partial charge in [-0.25, -0.2) is 0 Å². The number of benzene rings is 1. The van der Waals surface area contributed by atoms with Crippen LogP contribution in [0.1, 0.15) is 24.1 Å². The fourth-order valence-electron chi connectivity index (χ4n) is 1.83. The van der Waals surface area contributed by atoms with Crippen molar-refractivity contribution in [3.63, 3.8) is 0 Å². The molecule has 1 aromatic rings. The molecule has 84 valence electrons. The van der Waals surface area contributed by atoms with Gasteiger partial charge in [0.05, 0.1) is 25.9 Å². The molecular weight excluding hydrogens is 214 g/mol. The van der Waals surface area contributed by atoms with Gasteiger partial charge in [-0.1, -0.05) is 12.1 Å². The van der Waals surface area contributed by atoms with Crippen LogP contribution in [0.5, 0.6) is 5.75 Å². The number of fused-ring (bicyclic) bond motifs is 1. The SMILES string of the molecule is COc1cccc2c1[C@H](N)[C@@H](C)OC2.Cl. The summed E-state index contributed by atoms with van der Waals surface area (Å²) in [6, 6.07) is 5.85. The Labute approximate surface area is 96.0 Å². The Morgan fingerprint density at radius 1 is 1.47 bits per heavy atom. The van der Waals surface area contributed by atoms with Crippen molar-refractivity contribution < 1.29 is 9.47 Å². The molecule has 0 saturated heterocycles. The molecule has 1 heterocycles. The van der Waals surface area contributed by atoms with E-state index < -0.39 is 0 Å². The summed E-state index contributed by atoms with van der Waals surface area (Å²) in [7, 11) is 1.67. The number of halogens is 1. The van der Waals surface area contributed by atoms with E-state index in [-0.39, 0.29) is 24.6 Å². The van der Waals surface area contributed by atoms with E-state index in [1.54, 1.807) is 7.11 Å². The molecule has 3 nitrogen and oxygen atoms in total. The Bertz CT molecular complexity index is 329. The van der Waals surface area contributed by atoms with Crippen molar-refractivity contribution in [2.24, 2.45) is 5.73 Å². The van der Waals surface area contributed by atoms with Crippen LogP contribution in [-0.4, -0.2) is 13.2 Å². The lowest BCUT2D eigenvalue weighted by Crippen LogP contribution is -2.31. The molecule has 0 spiro atoms. The average molecular weight is 230 g/mol. The molecule has 0 aromatic heterocycles. The Morgan fingerprint density at radius 2 is 2.20 bits per heavy atom. The summed E-state index contributed by atoms with van der Waals surface area (Å²) in [5.41, 5.74) is 8.29. The summed E-state index contributed by atoms with van der Waals surface area (Å²) < 4.78 is 10.8. The van der Waals surface area contributed by atoms with E-state index in [0.717, 1.165) is 16.9 Å². The second-order valence-corrected chi connectivity index (χ2v) is 3.57. The molecule has 1 aliphatic heterocycles. The summed E-state index contributed by atoms with van der Waals surface area (Å²) in [4.78, 5) is 0. The van der Waals surface area contributed by atoms with E-state index in [1.807, 2.05) is 25.1 Å². The summed E-state index contributed by atoms with van der Waals surface area (Å²) >= 11 is 0. The minimum Gasteiger partial charge on any atom is -0.496 e. The topological polar surface area (TPSA) is 44.5 Å². The van der Waals surface area contributed by atoms with E-state index in [1.165, 1.54) is 0 Å². The van der Waals surface area contributed by atoms with Gasteiger partial charge in [-0.05, 0) is 18.6 Å². The Hall–Kier alpha value is -0.770. The third-order valence-corrected chi connectivity index (χ3v) is 2.72. The Kier molecular flexibility index (Phi) is 3.97. The van der Waals surface area contributed by atoms with Gasteiger partial charge >= 0.3 is 0 Å². The molecule has 1 aromatic carbocycles. The molecule has 2 N–H and O–H groups in total. The third kappa shape index (κ3) is 2.09. The van der Waals surface area contributed by atoms with Crippen molar-refractivity contribution in [2.45, 2.75) is 25.7 Å². The normalized spacial score (nSPS) is 23.9. The first-order valence-corrected chi connectivity index (χ1v) is 4.77. The lowest BCUT2D eigenvalue weighted by Gasteiger charge is -2.30. The van der Waals surface area contributed by atoms with Crippen LogP contribution in [0.4, 0.5) is 0 Å². The van der Waals surface area contributed by atoms with Crippen molar-refractivity contribution in [1.82, 2.24) is 0 Å². The van der Waals surface area contributed by atoms with Gasteiger partial charge in [-0.15, -0.1) is 12.4 Å². The van der Waals surface area contributed by atoms with Gasteiger partial charge in [0.15, 0.2) is 0 Å². The van der Waals surface area contributed by atoms with E-state index in [0.29, 0.717) is 6.61 Å². The monoisotopic (exact) mass is 229 g/mol. The first-order valence-electron chi connectivity index (χ1n) is 4.77. The maximum atomic E-state index is 6.06. The second-order valence-electron chi connectivity index (χ2n) is 3.57. The van der Waals surface area contributed by atoms with E-state index in [2.05, 4.69) is 0 Å². The molecule has 0 aliphatic carbocycles. The van der Waals surface area contributed by atoms with Crippen LogP contribution in [0.3, 0.4) is 0 Å². The minimum atomic E-state index is -0.0881. The average Bonchev–Trinajstić information content (AvgIpc) is 2.23. The fraction of sp³-hybridized carbons (Fsp3) is 0.455. The van der Waals surface area contributed by atoms with Gasteiger partial charge in [0.1, 0.15) is 5.75 Å². The lowest BCUT2D eigenvalue weighted by atomic mass is 9.94. The van der Waals surface area contributed by atoms with Gasteiger partial charge in [0, 0.05) is 5.56 Å². The number of ether oxygens (including phenoxy) is 2. The lowest BCUT2D eigenvalue weighted by molar-refractivity contribution is 0.0204. The number of methoxy groups -OCH3 is 1. The number of hydrogen-bond acceptors (Lipinski definition) is 3. The predicted molar refractivity (Wildman–Crippen MR) is 61.4 cm³/mol. The first kappa shape index (κ1) is 12.3. The van der Waals surface area contributed by atoms with Crippen LogP contribution in [0.2, 0.25) is 0 Å². The minimum absolute atomic E-state index is 0. The maximum Gasteiger partial charge on any atom is 0.124 e. The van der Waals surface area contributed by atoms with Crippen LogP contribution in [0.15, 0.2) is 18.2 Å². The molecule has 1 aliphatic rings. The summed E-state index contributed by atoms with van der Waals surface area (Å²) in [6.07, 6.45) is 0.0544. The van der Waals surface area contributed by atoms with Crippen molar-refractivity contribution in [3.8, 4) is 5.75 Å². The highest BCUT2D eigenvalue weighted by Gasteiger charge is 2.26. The molecule has 4 heteroatoms. The molecule has 0 bridgehead atoms. The van der Waals surface area contributed by atoms with E-state index in [4.69, 9.17) is 15.2 Å². The summed E-state index contributed by atoms with van der Waals surface area (Å²) in [6.45, 7) is 2.61. The predicted octanol–water partition coefficient (Wildman–Crippen LogP) is 2.04. The second kappa shape index (κ2) is 4.84. The zero-order valence-corrected chi connectivity index (χ0v) is 9.71. The first-order chi connectivity index (χ1) is 6.74. The molecule has 0 fully saturated rings. The van der Waals surface area contributed by atoms with Crippen molar-refractivity contribution >= 4 is 12.4 Å². The van der Waals surface area contributed by atoms with Crippen LogP contribution in [0.25, 0.3) is 0 Å². The molecule has 0 unspecified atom stereocenters. The summed E-state index contributed by atoms with van der Waals surface area (Å²) in [5, 5.41) is 0. The van der Waals surface area contributed by atoms with Crippen LogP contribution < -0.4 is 10.5 Å². The highest BCUT2D eigenvalue weighted by Crippen LogP contribution is 2.34. The van der Waals surface area contributed by atoms with Crippen LogP contribution in [0, 0.1) is 0 Å². The third-order valence-electron chi connectivity index (χ3n) is 2.72. The maximum absolute atomic E-state index is 6.06. The van der Waals surface area contributed by atoms with E-state index >= 15 is 0 Å². The molecule has 15 heavy (non-hydrogen) atoms. The van der Waals surface area contributed by atoms with E-state index in [9.17, 15) is 0 Å². The Morgan fingerprint density at radius 3 is 2.87 bits per heavy atom. The molecule has 2 rings (SSSR count). The van der Waals surface area contributed by atoms with Crippen molar-refractivity contribution in [1.29, 1.82) is 0 Å². The Balaban J connectivity index is 0.00000112. The van der Waals surface area contributed by atoms with Gasteiger partial charge in [0.2, 0.25) is 0 Å². The number of hydrogen-bond donors (Lipinski definition) is 1. The van der Waals surface area contributed by atoms with Crippen LogP contribution in [-0.2, 0) is 11.3 Å². The zero-order chi connectivity index (χ0) is 10.1. The van der Waals surface area contributed by atoms with Crippen LogP contribution >= 0.6 is 12.4 Å².